The van der Waals surface area contributed by atoms with E-state index in [-0.39, 0.29) is 0 Å². The third kappa shape index (κ3) is 3.36. The van der Waals surface area contributed by atoms with Crippen molar-refractivity contribution in [2.24, 2.45) is 0 Å². The summed E-state index contributed by atoms with van der Waals surface area (Å²) in [6.45, 7) is 8.55. The second kappa shape index (κ2) is 7.05. The lowest BCUT2D eigenvalue weighted by Crippen LogP contribution is -2.28. The van der Waals surface area contributed by atoms with Gasteiger partial charge in [0.25, 0.3) is 0 Å². The highest BCUT2D eigenvalue weighted by molar-refractivity contribution is 5.72. The topological polar surface area (TPSA) is 60.0 Å². The molecule has 0 saturated heterocycles. The van der Waals surface area contributed by atoms with E-state index in [1.54, 1.807) is 12.4 Å². The average molecular weight is 273 g/mol. The number of nitrogens with two attached hydrogens (primary N) is 1. The molecule has 0 spiro atoms. The molecule has 2 rings (SSSR count). The minimum absolute atomic E-state index is 0.739. The number of imidazole rings is 1. The second-order valence-electron chi connectivity index (χ2n) is 4.87. The number of likely N-dealkylation sites (N-methyl/N-ethyl adjacent to an activating group) is 1. The first kappa shape index (κ1) is 14.5. The van der Waals surface area contributed by atoms with Crippen molar-refractivity contribution in [2.45, 2.75) is 26.8 Å². The maximum absolute atomic E-state index is 6.02. The van der Waals surface area contributed by atoms with E-state index < -0.39 is 0 Å². The second-order valence-corrected chi connectivity index (χ2v) is 4.87. The fourth-order valence-electron chi connectivity index (χ4n) is 2.34. The van der Waals surface area contributed by atoms with Crippen molar-refractivity contribution in [3.8, 4) is 11.3 Å². The first-order valence-electron chi connectivity index (χ1n) is 7.18. The van der Waals surface area contributed by atoms with Gasteiger partial charge in [0.2, 0.25) is 0 Å². The quantitative estimate of drug-likeness (QED) is 0.840. The van der Waals surface area contributed by atoms with Crippen LogP contribution in [0.15, 0.2) is 31.0 Å². The lowest BCUT2D eigenvalue weighted by Gasteiger charge is -2.20. The Balaban J connectivity index is 2.11. The van der Waals surface area contributed by atoms with E-state index in [1.807, 2.05) is 18.6 Å². The van der Waals surface area contributed by atoms with Crippen LogP contribution >= 0.6 is 0 Å². The first-order chi connectivity index (χ1) is 9.76. The van der Waals surface area contributed by atoms with Gasteiger partial charge in [-0.1, -0.05) is 13.8 Å². The largest absolute Gasteiger partial charge is 0.398 e. The van der Waals surface area contributed by atoms with Crippen LogP contribution in [0.4, 0.5) is 5.69 Å². The number of pyridine rings is 1. The molecule has 108 valence electrons. The van der Waals surface area contributed by atoms with Crippen LogP contribution < -0.4 is 5.73 Å². The van der Waals surface area contributed by atoms with E-state index in [1.165, 1.54) is 6.42 Å². The molecule has 0 fully saturated rings. The highest BCUT2D eigenvalue weighted by Gasteiger charge is 2.09. The summed E-state index contributed by atoms with van der Waals surface area (Å²) in [4.78, 5) is 10.8. The van der Waals surface area contributed by atoms with Crippen molar-refractivity contribution >= 4 is 5.69 Å². The number of rotatable bonds is 7. The molecule has 0 aromatic carbocycles. The summed E-state index contributed by atoms with van der Waals surface area (Å²) in [5, 5.41) is 0. The molecular formula is C15H23N5. The molecule has 2 aromatic rings. The molecule has 0 unspecified atom stereocenters. The molecule has 0 radical (unpaired) electrons. The number of aromatic nitrogens is 3. The first-order valence-corrected chi connectivity index (χ1v) is 7.18. The number of nitrogens with zero attached hydrogens (tertiary/aromatic N) is 4. The third-order valence-corrected chi connectivity index (χ3v) is 3.49. The Hall–Kier alpha value is -1.88. The highest BCUT2D eigenvalue weighted by Crippen LogP contribution is 2.23. The molecule has 0 aliphatic carbocycles. The van der Waals surface area contributed by atoms with Crippen molar-refractivity contribution in [3.63, 3.8) is 0 Å². The lowest BCUT2D eigenvalue weighted by molar-refractivity contribution is 0.277. The molecular weight excluding hydrogens is 250 g/mol. The molecule has 0 amide bonds. The summed E-state index contributed by atoms with van der Waals surface area (Å²) in [7, 11) is 0. The Bertz CT molecular complexity index is 535. The lowest BCUT2D eigenvalue weighted by atomic mass is 10.2. The number of hydrogen-bond acceptors (Lipinski definition) is 4. The van der Waals surface area contributed by atoms with Gasteiger partial charge in [-0.05, 0) is 25.6 Å². The SMILES string of the molecule is CCCN(CC)CCn1cncc1-c1cnccc1N. The van der Waals surface area contributed by atoms with Gasteiger partial charge in [0.15, 0.2) is 0 Å². The Morgan fingerprint density at radius 2 is 2.05 bits per heavy atom. The fourth-order valence-corrected chi connectivity index (χ4v) is 2.34. The van der Waals surface area contributed by atoms with Crippen LogP contribution in [0, 0.1) is 0 Å². The zero-order valence-corrected chi connectivity index (χ0v) is 12.3. The Morgan fingerprint density at radius 1 is 1.20 bits per heavy atom. The van der Waals surface area contributed by atoms with Gasteiger partial charge in [-0.25, -0.2) is 4.98 Å². The zero-order chi connectivity index (χ0) is 14.4. The van der Waals surface area contributed by atoms with Crippen LogP contribution in [0.25, 0.3) is 11.3 Å². The smallest absolute Gasteiger partial charge is 0.0951 e. The van der Waals surface area contributed by atoms with Crippen LogP contribution in [0.1, 0.15) is 20.3 Å². The van der Waals surface area contributed by atoms with Crippen molar-refractivity contribution in [2.75, 3.05) is 25.4 Å². The van der Waals surface area contributed by atoms with Crippen molar-refractivity contribution in [1.82, 2.24) is 19.4 Å². The minimum atomic E-state index is 0.739. The predicted molar refractivity (Wildman–Crippen MR) is 82.3 cm³/mol. The standard InChI is InChI=1S/C15H23N5/c1-3-7-19(4-2)8-9-20-12-18-11-15(20)13-10-17-6-5-14(13)16/h5-6,10-12H,3-4,7-9H2,1-2H3,(H2,16,17). The highest BCUT2D eigenvalue weighted by atomic mass is 15.2. The molecule has 5 nitrogen and oxygen atoms in total. The summed E-state index contributed by atoms with van der Waals surface area (Å²) in [5.41, 5.74) is 8.74. The maximum atomic E-state index is 6.02. The van der Waals surface area contributed by atoms with Crippen molar-refractivity contribution in [3.05, 3.63) is 31.0 Å². The van der Waals surface area contributed by atoms with Gasteiger partial charge in [-0.3, -0.25) is 4.98 Å². The van der Waals surface area contributed by atoms with Crippen LogP contribution in [-0.2, 0) is 6.54 Å². The molecule has 2 aromatic heterocycles. The van der Waals surface area contributed by atoms with E-state index in [0.717, 1.165) is 43.1 Å². The molecule has 2 heterocycles. The summed E-state index contributed by atoms with van der Waals surface area (Å²) in [5.74, 6) is 0. The van der Waals surface area contributed by atoms with Gasteiger partial charge in [0.1, 0.15) is 0 Å². The van der Waals surface area contributed by atoms with Crippen LogP contribution in [0.5, 0.6) is 0 Å². The summed E-state index contributed by atoms with van der Waals surface area (Å²) in [6.07, 6.45) is 8.40. The van der Waals surface area contributed by atoms with Crippen LogP contribution in [0.3, 0.4) is 0 Å². The zero-order valence-electron chi connectivity index (χ0n) is 12.3. The number of anilines is 1. The third-order valence-electron chi connectivity index (χ3n) is 3.49. The van der Waals surface area contributed by atoms with Gasteiger partial charge in [0, 0.05) is 36.7 Å². The summed E-state index contributed by atoms with van der Waals surface area (Å²) in [6, 6.07) is 1.82. The van der Waals surface area contributed by atoms with E-state index in [0.29, 0.717) is 0 Å². The monoisotopic (exact) mass is 273 g/mol. The Labute approximate surface area is 120 Å². The predicted octanol–water partition coefficient (Wildman–Crippen LogP) is 2.26. The summed E-state index contributed by atoms with van der Waals surface area (Å²) >= 11 is 0. The summed E-state index contributed by atoms with van der Waals surface area (Å²) < 4.78 is 2.14. The van der Waals surface area contributed by atoms with E-state index in [2.05, 4.69) is 33.3 Å². The van der Waals surface area contributed by atoms with Crippen LogP contribution in [0.2, 0.25) is 0 Å². The Morgan fingerprint density at radius 3 is 2.75 bits per heavy atom. The molecule has 2 N–H and O–H groups in total. The molecule has 0 atom stereocenters. The van der Waals surface area contributed by atoms with Crippen LogP contribution in [-0.4, -0.2) is 39.1 Å². The van der Waals surface area contributed by atoms with Gasteiger partial charge in [-0.2, -0.15) is 0 Å². The molecule has 20 heavy (non-hydrogen) atoms. The van der Waals surface area contributed by atoms with E-state index in [4.69, 9.17) is 5.73 Å². The molecule has 5 heteroatoms. The minimum Gasteiger partial charge on any atom is -0.398 e. The molecule has 0 aliphatic heterocycles. The van der Waals surface area contributed by atoms with E-state index >= 15 is 0 Å². The molecule has 0 aliphatic rings. The van der Waals surface area contributed by atoms with E-state index in [9.17, 15) is 0 Å². The van der Waals surface area contributed by atoms with Crippen molar-refractivity contribution < 1.29 is 0 Å². The number of hydrogen-bond donors (Lipinski definition) is 1. The Kier molecular flexibility index (Phi) is 5.12. The van der Waals surface area contributed by atoms with Gasteiger partial charge in [0.05, 0.1) is 18.2 Å². The maximum Gasteiger partial charge on any atom is 0.0951 e. The number of nitrogen functional groups attached to an aromatic ring is 1. The van der Waals surface area contributed by atoms with Gasteiger partial charge in [-0.15, -0.1) is 0 Å². The van der Waals surface area contributed by atoms with Gasteiger partial charge < -0.3 is 15.2 Å². The average Bonchev–Trinajstić information content (AvgIpc) is 2.92. The molecule has 0 bridgehead atoms. The van der Waals surface area contributed by atoms with Gasteiger partial charge >= 0.3 is 0 Å². The fraction of sp³-hybridized carbons (Fsp3) is 0.467. The normalized spacial score (nSPS) is 11.2. The van der Waals surface area contributed by atoms with Crippen molar-refractivity contribution in [1.29, 1.82) is 0 Å². The molecule has 0 saturated carbocycles.